The first kappa shape index (κ1) is 13.4. The molecule has 0 unspecified atom stereocenters. The van der Waals surface area contributed by atoms with E-state index in [-0.39, 0.29) is 6.04 Å². The molecule has 1 aliphatic carbocycles. The third-order valence-corrected chi connectivity index (χ3v) is 4.06. The van der Waals surface area contributed by atoms with Crippen LogP contribution in [-0.2, 0) is 6.42 Å². The highest BCUT2D eigenvalue weighted by Gasteiger charge is 2.24. The average Bonchev–Trinajstić information content (AvgIpc) is 2.77. The summed E-state index contributed by atoms with van der Waals surface area (Å²) in [6.45, 7) is 4.31. The van der Waals surface area contributed by atoms with Gasteiger partial charge in [0.05, 0.1) is 5.60 Å². The molecule has 100 valence electrons. The van der Waals surface area contributed by atoms with Crippen molar-refractivity contribution in [3.8, 4) is 5.75 Å². The second-order valence-electron chi connectivity index (χ2n) is 5.23. The molecular formula is C15H23NO2. The predicted octanol–water partition coefficient (Wildman–Crippen LogP) is 2.56. The maximum absolute atomic E-state index is 10.2. The highest BCUT2D eigenvalue weighted by atomic mass is 16.5. The van der Waals surface area contributed by atoms with Crippen LogP contribution in [0.3, 0.4) is 0 Å². The standard InChI is InChI=1S/C15H23NO2/c1-3-15(17,4-2)10-18-12-6-7-13-11(9-12)5-8-14(13)16/h6-7,9,14,17H,3-5,8,10,16H2,1-2H3/t14-/m1/s1. The first-order chi connectivity index (χ1) is 8.58. The summed E-state index contributed by atoms with van der Waals surface area (Å²) in [5.74, 6) is 0.836. The number of ether oxygens (including phenoxy) is 1. The van der Waals surface area contributed by atoms with Crippen LogP contribution in [0, 0.1) is 0 Å². The molecule has 3 N–H and O–H groups in total. The van der Waals surface area contributed by atoms with E-state index in [1.165, 1.54) is 11.1 Å². The summed E-state index contributed by atoms with van der Waals surface area (Å²) >= 11 is 0. The van der Waals surface area contributed by atoms with Crippen LogP contribution >= 0.6 is 0 Å². The SMILES string of the molecule is CCC(O)(CC)COc1ccc2c(c1)CC[C@H]2N. The Bertz CT molecular complexity index is 413. The number of benzene rings is 1. The van der Waals surface area contributed by atoms with Gasteiger partial charge in [0, 0.05) is 6.04 Å². The van der Waals surface area contributed by atoms with Crippen molar-refractivity contribution in [1.29, 1.82) is 0 Å². The second kappa shape index (κ2) is 5.29. The van der Waals surface area contributed by atoms with E-state index < -0.39 is 5.60 Å². The average molecular weight is 249 g/mol. The van der Waals surface area contributed by atoms with E-state index in [9.17, 15) is 5.11 Å². The van der Waals surface area contributed by atoms with E-state index in [4.69, 9.17) is 10.5 Å². The van der Waals surface area contributed by atoms with Crippen LogP contribution in [0.5, 0.6) is 5.75 Å². The lowest BCUT2D eigenvalue weighted by atomic mass is 9.99. The summed E-state index contributed by atoms with van der Waals surface area (Å²) in [5, 5.41) is 10.2. The van der Waals surface area contributed by atoms with Crippen molar-refractivity contribution in [2.24, 2.45) is 5.73 Å². The third-order valence-electron chi connectivity index (χ3n) is 4.06. The fourth-order valence-electron chi connectivity index (χ4n) is 2.39. The first-order valence-electron chi connectivity index (χ1n) is 6.81. The zero-order chi connectivity index (χ0) is 13.2. The van der Waals surface area contributed by atoms with Crippen molar-refractivity contribution >= 4 is 0 Å². The summed E-state index contributed by atoms with van der Waals surface area (Å²) in [5.41, 5.74) is 7.82. The van der Waals surface area contributed by atoms with E-state index in [1.807, 2.05) is 19.9 Å². The van der Waals surface area contributed by atoms with Crippen LogP contribution in [0.4, 0.5) is 0 Å². The molecule has 1 aliphatic rings. The van der Waals surface area contributed by atoms with Gasteiger partial charge < -0.3 is 15.6 Å². The van der Waals surface area contributed by atoms with Gasteiger partial charge in [0.1, 0.15) is 12.4 Å². The maximum atomic E-state index is 10.2. The molecule has 1 aromatic rings. The molecule has 0 heterocycles. The minimum atomic E-state index is -0.713. The van der Waals surface area contributed by atoms with Crippen molar-refractivity contribution in [2.75, 3.05) is 6.61 Å². The Morgan fingerprint density at radius 3 is 2.78 bits per heavy atom. The summed E-state index contributed by atoms with van der Waals surface area (Å²) in [6, 6.07) is 6.25. The Kier molecular flexibility index (Phi) is 3.93. The van der Waals surface area contributed by atoms with E-state index in [1.54, 1.807) is 0 Å². The van der Waals surface area contributed by atoms with Crippen LogP contribution in [0.15, 0.2) is 18.2 Å². The van der Waals surface area contributed by atoms with Gasteiger partial charge in [-0.25, -0.2) is 0 Å². The number of hydrogen-bond acceptors (Lipinski definition) is 3. The van der Waals surface area contributed by atoms with Crippen LogP contribution < -0.4 is 10.5 Å². The Labute approximate surface area is 109 Å². The maximum Gasteiger partial charge on any atom is 0.119 e. The fraction of sp³-hybridized carbons (Fsp3) is 0.600. The monoisotopic (exact) mass is 249 g/mol. The van der Waals surface area contributed by atoms with E-state index in [2.05, 4.69) is 12.1 Å². The van der Waals surface area contributed by atoms with Crippen LogP contribution in [0.2, 0.25) is 0 Å². The second-order valence-corrected chi connectivity index (χ2v) is 5.23. The molecule has 1 aromatic carbocycles. The van der Waals surface area contributed by atoms with Crippen molar-refractivity contribution in [3.63, 3.8) is 0 Å². The topological polar surface area (TPSA) is 55.5 Å². The number of nitrogens with two attached hydrogens (primary N) is 1. The Hall–Kier alpha value is -1.06. The van der Waals surface area contributed by atoms with Gasteiger partial charge in [0.25, 0.3) is 0 Å². The molecule has 0 aromatic heterocycles. The highest BCUT2D eigenvalue weighted by molar-refractivity contribution is 5.40. The Morgan fingerprint density at radius 2 is 2.11 bits per heavy atom. The minimum absolute atomic E-state index is 0.178. The van der Waals surface area contributed by atoms with Crippen LogP contribution in [-0.4, -0.2) is 17.3 Å². The highest BCUT2D eigenvalue weighted by Crippen LogP contribution is 2.32. The zero-order valence-corrected chi connectivity index (χ0v) is 11.3. The van der Waals surface area contributed by atoms with Gasteiger partial charge in [-0.3, -0.25) is 0 Å². The van der Waals surface area contributed by atoms with Crippen LogP contribution in [0.25, 0.3) is 0 Å². The number of hydrogen-bond donors (Lipinski definition) is 2. The first-order valence-corrected chi connectivity index (χ1v) is 6.81. The van der Waals surface area contributed by atoms with E-state index in [0.29, 0.717) is 19.4 Å². The lowest BCUT2D eigenvalue weighted by Gasteiger charge is -2.25. The summed E-state index contributed by atoms with van der Waals surface area (Å²) in [4.78, 5) is 0. The molecule has 0 aliphatic heterocycles. The summed E-state index contributed by atoms with van der Waals surface area (Å²) < 4.78 is 5.72. The molecule has 0 spiro atoms. The van der Waals surface area contributed by atoms with Crippen LogP contribution in [0.1, 0.15) is 50.3 Å². The molecule has 0 saturated carbocycles. The molecule has 3 heteroatoms. The summed E-state index contributed by atoms with van der Waals surface area (Å²) in [7, 11) is 0. The van der Waals surface area contributed by atoms with Gasteiger partial charge in [0.15, 0.2) is 0 Å². The smallest absolute Gasteiger partial charge is 0.119 e. The van der Waals surface area contributed by atoms with Gasteiger partial charge in [0.2, 0.25) is 0 Å². The quantitative estimate of drug-likeness (QED) is 0.843. The molecule has 0 radical (unpaired) electrons. The van der Waals surface area contributed by atoms with Gasteiger partial charge in [-0.15, -0.1) is 0 Å². The normalized spacial score (nSPS) is 18.8. The predicted molar refractivity (Wildman–Crippen MR) is 72.7 cm³/mol. The van der Waals surface area contributed by atoms with Crippen molar-refractivity contribution in [2.45, 2.75) is 51.2 Å². The molecular weight excluding hydrogens is 226 g/mol. The minimum Gasteiger partial charge on any atom is -0.491 e. The van der Waals surface area contributed by atoms with Gasteiger partial charge in [-0.1, -0.05) is 19.9 Å². The Morgan fingerprint density at radius 1 is 1.39 bits per heavy atom. The largest absolute Gasteiger partial charge is 0.491 e. The van der Waals surface area contributed by atoms with Gasteiger partial charge >= 0.3 is 0 Å². The molecule has 3 nitrogen and oxygen atoms in total. The lowest BCUT2D eigenvalue weighted by molar-refractivity contribution is -0.0113. The molecule has 0 amide bonds. The number of rotatable bonds is 5. The molecule has 18 heavy (non-hydrogen) atoms. The Balaban J connectivity index is 2.03. The molecule has 1 atom stereocenters. The lowest BCUT2D eigenvalue weighted by Crippen LogP contribution is -2.34. The molecule has 0 bridgehead atoms. The molecule has 0 fully saturated rings. The third kappa shape index (κ3) is 2.68. The number of aliphatic hydroxyl groups is 1. The fourth-order valence-corrected chi connectivity index (χ4v) is 2.39. The van der Waals surface area contributed by atoms with E-state index in [0.717, 1.165) is 18.6 Å². The van der Waals surface area contributed by atoms with Crippen molar-refractivity contribution < 1.29 is 9.84 Å². The summed E-state index contributed by atoms with van der Waals surface area (Å²) in [6.07, 6.45) is 3.46. The van der Waals surface area contributed by atoms with Gasteiger partial charge in [-0.2, -0.15) is 0 Å². The van der Waals surface area contributed by atoms with Crippen molar-refractivity contribution in [1.82, 2.24) is 0 Å². The van der Waals surface area contributed by atoms with E-state index >= 15 is 0 Å². The molecule has 0 saturated heterocycles. The number of aryl methyl sites for hydroxylation is 1. The van der Waals surface area contributed by atoms with Crippen molar-refractivity contribution in [3.05, 3.63) is 29.3 Å². The number of fused-ring (bicyclic) bond motifs is 1. The van der Waals surface area contributed by atoms with Gasteiger partial charge in [-0.05, 0) is 48.9 Å². The molecule has 2 rings (SSSR count). The zero-order valence-electron chi connectivity index (χ0n) is 11.3.